The van der Waals surface area contributed by atoms with Crippen molar-refractivity contribution in [3.8, 4) is 0 Å². The van der Waals surface area contributed by atoms with Crippen molar-refractivity contribution < 1.29 is 13.9 Å². The number of nitrogens with one attached hydrogen (secondary N) is 1. The van der Waals surface area contributed by atoms with E-state index in [4.69, 9.17) is 0 Å². The van der Waals surface area contributed by atoms with Gasteiger partial charge in [0.15, 0.2) is 0 Å². The van der Waals surface area contributed by atoms with E-state index in [1.807, 2.05) is 30.3 Å². The fourth-order valence-corrected chi connectivity index (χ4v) is 2.05. The topological polar surface area (TPSA) is 32.3 Å². The zero-order valence-electron chi connectivity index (χ0n) is 8.87. The third kappa shape index (κ3) is 2.39. The predicted octanol–water partition coefficient (Wildman–Crippen LogP) is 1.93. The van der Waals surface area contributed by atoms with Crippen LogP contribution in [0.25, 0.3) is 0 Å². The van der Waals surface area contributed by atoms with Gasteiger partial charge >= 0.3 is 0 Å². The van der Waals surface area contributed by atoms with E-state index in [9.17, 15) is 13.9 Å². The van der Waals surface area contributed by atoms with Crippen LogP contribution < -0.4 is 5.32 Å². The van der Waals surface area contributed by atoms with Crippen LogP contribution in [0, 0.1) is 0 Å². The first-order valence-electron chi connectivity index (χ1n) is 5.43. The Balaban J connectivity index is 1.95. The molecule has 2 N–H and O–H groups in total. The van der Waals surface area contributed by atoms with Gasteiger partial charge in [-0.25, -0.2) is 8.78 Å². The minimum Gasteiger partial charge on any atom is -0.391 e. The lowest BCUT2D eigenvalue weighted by Gasteiger charge is -2.22. The van der Waals surface area contributed by atoms with Gasteiger partial charge in [0, 0.05) is 13.0 Å². The number of alkyl halides is 2. The number of rotatable bonds is 3. The summed E-state index contributed by atoms with van der Waals surface area (Å²) in [6.07, 6.45) is -1.02. The zero-order chi connectivity index (χ0) is 11.6. The Morgan fingerprint density at radius 3 is 2.56 bits per heavy atom. The Kier molecular flexibility index (Phi) is 3.21. The lowest BCUT2D eigenvalue weighted by Crippen LogP contribution is -2.46. The van der Waals surface area contributed by atoms with Gasteiger partial charge in [-0.1, -0.05) is 30.3 Å². The fraction of sp³-hybridized carbons (Fsp3) is 0.500. The third-order valence-electron chi connectivity index (χ3n) is 2.98. The van der Waals surface area contributed by atoms with Gasteiger partial charge in [-0.05, 0) is 12.0 Å². The van der Waals surface area contributed by atoms with E-state index in [0.29, 0.717) is 6.54 Å². The molecule has 88 valence electrons. The minimum atomic E-state index is -2.80. The Morgan fingerprint density at radius 1 is 1.31 bits per heavy atom. The van der Waals surface area contributed by atoms with Crippen LogP contribution in [0.1, 0.15) is 18.4 Å². The number of hydrogen-bond acceptors (Lipinski definition) is 2. The first kappa shape index (κ1) is 11.5. The van der Waals surface area contributed by atoms with Crippen LogP contribution in [0.3, 0.4) is 0 Å². The van der Waals surface area contributed by atoms with Gasteiger partial charge in [0.2, 0.25) is 0 Å². The van der Waals surface area contributed by atoms with E-state index in [1.165, 1.54) is 0 Å². The molecule has 16 heavy (non-hydrogen) atoms. The number of aliphatic hydroxyl groups is 1. The molecule has 1 aliphatic rings. The highest BCUT2D eigenvalue weighted by molar-refractivity contribution is 5.14. The van der Waals surface area contributed by atoms with Crippen molar-refractivity contribution in [1.29, 1.82) is 0 Å². The molecule has 0 bridgehead atoms. The van der Waals surface area contributed by atoms with Gasteiger partial charge in [-0.15, -0.1) is 0 Å². The number of aliphatic hydroxyl groups excluding tert-OH is 1. The van der Waals surface area contributed by atoms with Crippen LogP contribution in [0.5, 0.6) is 0 Å². The van der Waals surface area contributed by atoms with E-state index in [-0.39, 0.29) is 12.8 Å². The second kappa shape index (κ2) is 4.47. The highest BCUT2D eigenvalue weighted by Gasteiger charge is 2.49. The summed E-state index contributed by atoms with van der Waals surface area (Å²) in [5, 5.41) is 12.2. The normalized spacial score (nSPS) is 28.2. The zero-order valence-corrected chi connectivity index (χ0v) is 8.87. The second-order valence-electron chi connectivity index (χ2n) is 4.21. The molecule has 2 rings (SSSR count). The lowest BCUT2D eigenvalue weighted by molar-refractivity contribution is -0.0373. The van der Waals surface area contributed by atoms with Crippen LogP contribution in [-0.4, -0.2) is 23.2 Å². The molecule has 1 aromatic rings. The smallest absolute Gasteiger partial charge is 0.265 e. The summed E-state index contributed by atoms with van der Waals surface area (Å²) < 4.78 is 26.7. The first-order valence-corrected chi connectivity index (χ1v) is 5.43. The van der Waals surface area contributed by atoms with E-state index < -0.39 is 18.1 Å². The standard InChI is InChI=1S/C12H15F2NO/c13-12(14)7-6-10(16)11(12)15-8-9-4-2-1-3-5-9/h1-5,10-11,15-16H,6-8H2/t10-,11+/m1/s1. The molecule has 0 heterocycles. The molecule has 2 atom stereocenters. The molecule has 0 saturated heterocycles. The monoisotopic (exact) mass is 227 g/mol. The molecule has 4 heteroatoms. The Hall–Kier alpha value is -1.00. The lowest BCUT2D eigenvalue weighted by atomic mass is 10.1. The highest BCUT2D eigenvalue weighted by Crippen LogP contribution is 2.35. The summed E-state index contributed by atoms with van der Waals surface area (Å²) >= 11 is 0. The van der Waals surface area contributed by atoms with Crippen molar-refractivity contribution in [3.05, 3.63) is 35.9 Å². The van der Waals surface area contributed by atoms with Crippen molar-refractivity contribution >= 4 is 0 Å². The summed E-state index contributed by atoms with van der Waals surface area (Å²) in [6.45, 7) is 0.359. The first-order chi connectivity index (χ1) is 7.59. The Morgan fingerprint density at radius 2 is 2.00 bits per heavy atom. The largest absolute Gasteiger partial charge is 0.391 e. The van der Waals surface area contributed by atoms with Gasteiger partial charge in [0.25, 0.3) is 5.92 Å². The Labute approximate surface area is 93.3 Å². The summed E-state index contributed by atoms with van der Waals surface area (Å²) in [4.78, 5) is 0. The Bertz CT molecular complexity index is 342. The number of hydrogen-bond donors (Lipinski definition) is 2. The molecule has 0 radical (unpaired) electrons. The van der Waals surface area contributed by atoms with Crippen molar-refractivity contribution in [2.75, 3.05) is 0 Å². The van der Waals surface area contributed by atoms with E-state index in [0.717, 1.165) is 5.56 Å². The van der Waals surface area contributed by atoms with Crippen LogP contribution in [0.2, 0.25) is 0 Å². The molecule has 1 fully saturated rings. The second-order valence-corrected chi connectivity index (χ2v) is 4.21. The van der Waals surface area contributed by atoms with Gasteiger partial charge < -0.3 is 10.4 Å². The van der Waals surface area contributed by atoms with Crippen molar-refractivity contribution in [2.45, 2.75) is 37.5 Å². The van der Waals surface area contributed by atoms with Gasteiger partial charge in [-0.2, -0.15) is 0 Å². The fourth-order valence-electron chi connectivity index (χ4n) is 2.05. The maximum atomic E-state index is 13.3. The summed E-state index contributed by atoms with van der Waals surface area (Å²) in [7, 11) is 0. The van der Waals surface area contributed by atoms with Crippen LogP contribution in [-0.2, 0) is 6.54 Å². The van der Waals surface area contributed by atoms with Crippen LogP contribution in [0.4, 0.5) is 8.78 Å². The molecule has 0 aliphatic heterocycles. The number of halogens is 2. The average Bonchev–Trinajstić information content (AvgIpc) is 2.52. The average molecular weight is 227 g/mol. The van der Waals surface area contributed by atoms with Gasteiger partial charge in [0.05, 0.1) is 12.1 Å². The third-order valence-corrected chi connectivity index (χ3v) is 2.98. The molecular weight excluding hydrogens is 212 g/mol. The molecule has 1 aromatic carbocycles. The van der Waals surface area contributed by atoms with Crippen molar-refractivity contribution in [3.63, 3.8) is 0 Å². The van der Waals surface area contributed by atoms with Crippen LogP contribution >= 0.6 is 0 Å². The number of benzene rings is 1. The predicted molar refractivity (Wildman–Crippen MR) is 57.3 cm³/mol. The van der Waals surface area contributed by atoms with Crippen molar-refractivity contribution in [1.82, 2.24) is 5.32 Å². The maximum absolute atomic E-state index is 13.3. The summed E-state index contributed by atoms with van der Waals surface area (Å²) in [6, 6.07) is 8.22. The SMILES string of the molecule is O[C@@H]1CCC(F)(F)[C@H]1NCc1ccccc1. The van der Waals surface area contributed by atoms with Gasteiger partial charge in [-0.3, -0.25) is 0 Å². The van der Waals surface area contributed by atoms with E-state index >= 15 is 0 Å². The van der Waals surface area contributed by atoms with Crippen molar-refractivity contribution in [2.24, 2.45) is 0 Å². The minimum absolute atomic E-state index is 0.166. The molecule has 0 unspecified atom stereocenters. The molecule has 1 saturated carbocycles. The van der Waals surface area contributed by atoms with E-state index in [2.05, 4.69) is 5.32 Å². The van der Waals surface area contributed by atoms with E-state index in [1.54, 1.807) is 0 Å². The van der Waals surface area contributed by atoms with Gasteiger partial charge in [0.1, 0.15) is 0 Å². The highest BCUT2D eigenvalue weighted by atomic mass is 19.3. The maximum Gasteiger partial charge on any atom is 0.265 e. The molecule has 0 spiro atoms. The summed E-state index contributed by atoms with van der Waals surface area (Å²) in [5.41, 5.74) is 0.942. The summed E-state index contributed by atoms with van der Waals surface area (Å²) in [5.74, 6) is -2.80. The quantitative estimate of drug-likeness (QED) is 0.827. The molecule has 0 amide bonds. The van der Waals surface area contributed by atoms with Crippen LogP contribution in [0.15, 0.2) is 30.3 Å². The molecule has 2 nitrogen and oxygen atoms in total. The molecule has 1 aliphatic carbocycles. The molecule has 0 aromatic heterocycles. The molecular formula is C12H15F2NO.